The van der Waals surface area contributed by atoms with Crippen molar-refractivity contribution in [2.45, 2.75) is 37.2 Å². The first-order valence-corrected chi connectivity index (χ1v) is 7.36. The van der Waals surface area contributed by atoms with Crippen LogP contribution in [-0.2, 0) is 15.5 Å². The molecule has 0 spiro atoms. The summed E-state index contributed by atoms with van der Waals surface area (Å²) in [4.78, 5) is 0.0689. The van der Waals surface area contributed by atoms with E-state index >= 15 is 0 Å². The molecule has 0 saturated carbocycles. The lowest BCUT2D eigenvalue weighted by Crippen LogP contribution is -2.33. The number of fused-ring (bicyclic) bond motifs is 1. The van der Waals surface area contributed by atoms with Gasteiger partial charge in [-0.3, -0.25) is 0 Å². The van der Waals surface area contributed by atoms with E-state index in [-0.39, 0.29) is 10.5 Å². The lowest BCUT2D eigenvalue weighted by Gasteiger charge is -2.33. The Morgan fingerprint density at radius 2 is 2.06 bits per heavy atom. The zero-order chi connectivity index (χ0) is 12.0. The molecule has 0 saturated heterocycles. The Balaban J connectivity index is 2.60. The maximum atomic E-state index is 11.4. The van der Waals surface area contributed by atoms with Crippen molar-refractivity contribution < 1.29 is 13.2 Å². The van der Waals surface area contributed by atoms with E-state index in [1.807, 2.05) is 19.9 Å². The molecule has 0 radical (unpaired) electrons. The molecule has 1 heterocycles. The van der Waals surface area contributed by atoms with Gasteiger partial charge in [0.05, 0.1) is 0 Å². The molecule has 1 aromatic rings. The van der Waals surface area contributed by atoms with Gasteiger partial charge in [0.1, 0.15) is 16.2 Å². The quantitative estimate of drug-likeness (QED) is 0.729. The molecular formula is C11H13ClO3S. The Kier molecular flexibility index (Phi) is 2.67. The SMILES string of the molecule is CC1(C)CCc2cccc(S(=O)(=O)Cl)c2O1. The van der Waals surface area contributed by atoms with Crippen LogP contribution in [0.25, 0.3) is 0 Å². The average Bonchev–Trinajstić information content (AvgIpc) is 2.13. The molecule has 16 heavy (non-hydrogen) atoms. The highest BCUT2D eigenvalue weighted by Crippen LogP contribution is 2.38. The van der Waals surface area contributed by atoms with E-state index in [0.717, 1.165) is 18.4 Å². The fourth-order valence-electron chi connectivity index (χ4n) is 1.83. The van der Waals surface area contributed by atoms with E-state index in [9.17, 15) is 8.42 Å². The molecule has 0 unspecified atom stereocenters. The Morgan fingerprint density at radius 1 is 1.38 bits per heavy atom. The summed E-state index contributed by atoms with van der Waals surface area (Å²) in [7, 11) is 1.63. The molecule has 0 aliphatic carbocycles. The highest BCUT2D eigenvalue weighted by molar-refractivity contribution is 8.13. The van der Waals surface area contributed by atoms with Gasteiger partial charge in [-0.15, -0.1) is 0 Å². The molecule has 0 aromatic heterocycles. The van der Waals surface area contributed by atoms with Gasteiger partial charge in [-0.2, -0.15) is 0 Å². The lowest BCUT2D eigenvalue weighted by atomic mass is 9.94. The molecule has 0 N–H and O–H groups in total. The maximum Gasteiger partial charge on any atom is 0.264 e. The average molecular weight is 261 g/mol. The van der Waals surface area contributed by atoms with Crippen LogP contribution < -0.4 is 4.74 Å². The van der Waals surface area contributed by atoms with Crippen LogP contribution in [0.2, 0.25) is 0 Å². The highest BCUT2D eigenvalue weighted by atomic mass is 35.7. The fourth-order valence-corrected chi connectivity index (χ4v) is 2.83. The van der Waals surface area contributed by atoms with Gasteiger partial charge < -0.3 is 4.74 Å². The first-order chi connectivity index (χ1) is 7.30. The summed E-state index contributed by atoms with van der Waals surface area (Å²) in [6, 6.07) is 5.04. The minimum Gasteiger partial charge on any atom is -0.486 e. The molecule has 0 amide bonds. The van der Waals surface area contributed by atoms with E-state index in [4.69, 9.17) is 15.4 Å². The van der Waals surface area contributed by atoms with Crippen LogP contribution >= 0.6 is 10.7 Å². The number of hydrogen-bond donors (Lipinski definition) is 0. The predicted molar refractivity (Wildman–Crippen MR) is 62.5 cm³/mol. The Bertz CT molecular complexity index is 520. The second-order valence-corrected chi connectivity index (χ2v) is 7.08. The van der Waals surface area contributed by atoms with Gasteiger partial charge in [0.15, 0.2) is 0 Å². The van der Waals surface area contributed by atoms with Gasteiger partial charge in [0.2, 0.25) is 0 Å². The monoisotopic (exact) mass is 260 g/mol. The third-order valence-corrected chi connectivity index (χ3v) is 4.04. The molecule has 1 aliphatic rings. The molecule has 88 valence electrons. The third kappa shape index (κ3) is 2.18. The van der Waals surface area contributed by atoms with Crippen LogP contribution in [-0.4, -0.2) is 14.0 Å². The standard InChI is InChI=1S/C11H13ClO3S/c1-11(2)7-6-8-4-3-5-9(10(8)15-11)16(12,13)14/h3-5H,6-7H2,1-2H3. The minimum atomic E-state index is -3.75. The van der Waals surface area contributed by atoms with E-state index in [1.54, 1.807) is 6.07 Å². The summed E-state index contributed by atoms with van der Waals surface area (Å²) in [5.41, 5.74) is 0.561. The second kappa shape index (κ2) is 3.64. The molecular weight excluding hydrogens is 248 g/mol. The number of halogens is 1. The summed E-state index contributed by atoms with van der Waals surface area (Å²) in [5, 5.41) is 0. The fraction of sp³-hybridized carbons (Fsp3) is 0.455. The summed E-state index contributed by atoms with van der Waals surface area (Å²) in [6.07, 6.45) is 1.67. The molecule has 0 bridgehead atoms. The maximum absolute atomic E-state index is 11.4. The van der Waals surface area contributed by atoms with Crippen LogP contribution in [0.3, 0.4) is 0 Å². The van der Waals surface area contributed by atoms with E-state index in [2.05, 4.69) is 0 Å². The lowest BCUT2D eigenvalue weighted by molar-refractivity contribution is 0.0807. The number of rotatable bonds is 1. The largest absolute Gasteiger partial charge is 0.486 e. The van der Waals surface area contributed by atoms with Gasteiger partial charge in [0.25, 0.3) is 9.05 Å². The van der Waals surface area contributed by atoms with Crippen molar-refractivity contribution in [3.05, 3.63) is 23.8 Å². The van der Waals surface area contributed by atoms with E-state index in [1.165, 1.54) is 6.07 Å². The van der Waals surface area contributed by atoms with Crippen molar-refractivity contribution >= 4 is 19.7 Å². The summed E-state index contributed by atoms with van der Waals surface area (Å²) in [6.45, 7) is 3.88. The van der Waals surface area contributed by atoms with Crippen molar-refractivity contribution in [3.8, 4) is 5.75 Å². The first-order valence-electron chi connectivity index (χ1n) is 5.05. The zero-order valence-corrected chi connectivity index (χ0v) is 10.7. The van der Waals surface area contributed by atoms with Gasteiger partial charge in [-0.05, 0) is 38.3 Å². The normalized spacial score (nSPS) is 18.7. The predicted octanol–water partition coefficient (Wildman–Crippen LogP) is 2.72. The molecule has 5 heteroatoms. The second-order valence-electron chi connectivity index (χ2n) is 4.54. The third-order valence-electron chi connectivity index (χ3n) is 2.70. The Morgan fingerprint density at radius 3 is 2.69 bits per heavy atom. The summed E-state index contributed by atoms with van der Waals surface area (Å²) < 4.78 is 28.5. The summed E-state index contributed by atoms with van der Waals surface area (Å²) >= 11 is 0. The van der Waals surface area contributed by atoms with Gasteiger partial charge >= 0.3 is 0 Å². The van der Waals surface area contributed by atoms with E-state index < -0.39 is 9.05 Å². The number of hydrogen-bond acceptors (Lipinski definition) is 3. The van der Waals surface area contributed by atoms with Crippen LogP contribution in [0.5, 0.6) is 5.75 Å². The molecule has 1 aromatic carbocycles. The van der Waals surface area contributed by atoms with Crippen molar-refractivity contribution in [3.63, 3.8) is 0 Å². The van der Waals surface area contributed by atoms with Crippen molar-refractivity contribution in [2.24, 2.45) is 0 Å². The summed E-state index contributed by atoms with van der Waals surface area (Å²) in [5.74, 6) is 0.411. The van der Waals surface area contributed by atoms with Crippen molar-refractivity contribution in [2.75, 3.05) is 0 Å². The topological polar surface area (TPSA) is 43.4 Å². The molecule has 0 atom stereocenters. The van der Waals surface area contributed by atoms with Crippen molar-refractivity contribution in [1.82, 2.24) is 0 Å². The number of benzene rings is 1. The highest BCUT2D eigenvalue weighted by Gasteiger charge is 2.30. The van der Waals surface area contributed by atoms with Crippen LogP contribution in [0, 0.1) is 0 Å². The molecule has 1 aliphatic heterocycles. The van der Waals surface area contributed by atoms with Gasteiger partial charge in [0, 0.05) is 10.7 Å². The van der Waals surface area contributed by atoms with Gasteiger partial charge in [-0.25, -0.2) is 8.42 Å². The minimum absolute atomic E-state index is 0.0689. The zero-order valence-electron chi connectivity index (χ0n) is 9.16. The smallest absolute Gasteiger partial charge is 0.264 e. The molecule has 3 nitrogen and oxygen atoms in total. The number of aryl methyl sites for hydroxylation is 1. The first kappa shape index (κ1) is 11.7. The van der Waals surface area contributed by atoms with Crippen LogP contribution in [0.4, 0.5) is 0 Å². The molecule has 2 rings (SSSR count). The van der Waals surface area contributed by atoms with Gasteiger partial charge in [-0.1, -0.05) is 12.1 Å². The van der Waals surface area contributed by atoms with Crippen LogP contribution in [0.15, 0.2) is 23.1 Å². The number of ether oxygens (including phenoxy) is 1. The van der Waals surface area contributed by atoms with Crippen molar-refractivity contribution in [1.29, 1.82) is 0 Å². The Labute approximate surface area is 99.8 Å². The molecule has 0 fully saturated rings. The Hall–Kier alpha value is -0.740. The van der Waals surface area contributed by atoms with E-state index in [0.29, 0.717) is 5.75 Å². The number of para-hydroxylation sites is 1. The van der Waals surface area contributed by atoms with Crippen LogP contribution in [0.1, 0.15) is 25.8 Å².